The Hall–Kier alpha value is -1.04. The lowest BCUT2D eigenvalue weighted by molar-refractivity contribution is 0.158. The van der Waals surface area contributed by atoms with Gasteiger partial charge in [0.15, 0.2) is 0 Å². The van der Waals surface area contributed by atoms with Crippen molar-refractivity contribution < 1.29 is 9.47 Å². The average molecular weight is 413 g/mol. The lowest BCUT2D eigenvalue weighted by Gasteiger charge is -2.31. The molecule has 110 valence electrons. The number of hydrogen-bond donors (Lipinski definition) is 1. The summed E-state index contributed by atoms with van der Waals surface area (Å²) in [5.41, 5.74) is 8.37. The highest BCUT2D eigenvalue weighted by Gasteiger charge is 2.29. The second-order valence-corrected chi connectivity index (χ2v) is 6.85. The Labute approximate surface area is 140 Å². The Morgan fingerprint density at radius 3 is 2.48 bits per heavy atom. The van der Waals surface area contributed by atoms with Gasteiger partial charge in [-0.3, -0.25) is 0 Å². The molecule has 0 fully saturated rings. The van der Waals surface area contributed by atoms with Crippen molar-refractivity contribution in [2.24, 2.45) is 5.73 Å². The van der Waals surface area contributed by atoms with Gasteiger partial charge in [-0.1, -0.05) is 31.9 Å². The topological polar surface area (TPSA) is 44.5 Å². The Balaban J connectivity index is 1.99. The van der Waals surface area contributed by atoms with Crippen LogP contribution >= 0.6 is 31.9 Å². The van der Waals surface area contributed by atoms with Crippen LogP contribution in [0, 0.1) is 0 Å². The third-order valence-electron chi connectivity index (χ3n) is 3.65. The number of rotatable bonds is 2. The van der Waals surface area contributed by atoms with Gasteiger partial charge in [0.25, 0.3) is 0 Å². The van der Waals surface area contributed by atoms with Gasteiger partial charge in [-0.05, 0) is 36.4 Å². The largest absolute Gasteiger partial charge is 0.496 e. The third kappa shape index (κ3) is 2.96. The molecule has 0 bridgehead atoms. The summed E-state index contributed by atoms with van der Waals surface area (Å²) in [6.07, 6.45) is 0.608. The summed E-state index contributed by atoms with van der Waals surface area (Å²) in [6, 6.07) is 11.8. The summed E-state index contributed by atoms with van der Waals surface area (Å²) in [5, 5.41) is 0. The zero-order chi connectivity index (χ0) is 15.0. The van der Waals surface area contributed by atoms with Crippen LogP contribution in [0.1, 0.15) is 29.7 Å². The van der Waals surface area contributed by atoms with Gasteiger partial charge >= 0.3 is 0 Å². The average Bonchev–Trinajstić information content (AvgIpc) is 2.47. The molecule has 3 rings (SSSR count). The summed E-state index contributed by atoms with van der Waals surface area (Å²) in [5.74, 6) is 1.65. The highest BCUT2D eigenvalue weighted by Crippen LogP contribution is 2.43. The van der Waals surface area contributed by atoms with Crippen molar-refractivity contribution in [1.29, 1.82) is 0 Å². The van der Waals surface area contributed by atoms with Gasteiger partial charge < -0.3 is 15.2 Å². The quantitative estimate of drug-likeness (QED) is 0.774. The summed E-state index contributed by atoms with van der Waals surface area (Å²) >= 11 is 6.97. The first-order valence-electron chi connectivity index (χ1n) is 6.63. The predicted octanol–water partition coefficient (Wildman–Crippen LogP) is 4.74. The molecule has 1 aliphatic heterocycles. The number of ether oxygens (including phenoxy) is 2. The van der Waals surface area contributed by atoms with E-state index in [1.54, 1.807) is 7.11 Å². The fraction of sp³-hybridized carbons (Fsp3) is 0.250. The van der Waals surface area contributed by atoms with Gasteiger partial charge in [0.1, 0.15) is 17.6 Å². The Kier molecular flexibility index (Phi) is 4.24. The molecule has 21 heavy (non-hydrogen) atoms. The van der Waals surface area contributed by atoms with Crippen LogP contribution in [0.2, 0.25) is 0 Å². The van der Waals surface area contributed by atoms with Crippen LogP contribution in [0.15, 0.2) is 45.3 Å². The van der Waals surface area contributed by atoms with Crippen molar-refractivity contribution in [3.05, 3.63) is 56.5 Å². The number of benzene rings is 2. The molecule has 0 aromatic heterocycles. The molecule has 2 aromatic rings. The molecular weight excluding hydrogens is 398 g/mol. The van der Waals surface area contributed by atoms with Crippen LogP contribution in [0.25, 0.3) is 0 Å². The molecule has 3 nitrogen and oxygen atoms in total. The van der Waals surface area contributed by atoms with Gasteiger partial charge in [0, 0.05) is 32.5 Å². The van der Waals surface area contributed by atoms with E-state index < -0.39 is 0 Å². The molecule has 2 atom stereocenters. The van der Waals surface area contributed by atoms with Crippen molar-refractivity contribution in [2.75, 3.05) is 7.11 Å². The van der Waals surface area contributed by atoms with E-state index in [1.807, 2.05) is 36.4 Å². The molecular formula is C16H15Br2NO2. The highest BCUT2D eigenvalue weighted by atomic mass is 79.9. The van der Waals surface area contributed by atoms with Gasteiger partial charge in [0.05, 0.1) is 7.11 Å². The Morgan fingerprint density at radius 1 is 1.10 bits per heavy atom. The van der Waals surface area contributed by atoms with E-state index >= 15 is 0 Å². The lowest BCUT2D eigenvalue weighted by atomic mass is 9.93. The predicted molar refractivity (Wildman–Crippen MR) is 89.8 cm³/mol. The fourth-order valence-electron chi connectivity index (χ4n) is 2.62. The molecule has 0 aliphatic carbocycles. The minimum atomic E-state index is -0.110. The van der Waals surface area contributed by atoms with E-state index in [0.29, 0.717) is 0 Å². The van der Waals surface area contributed by atoms with Gasteiger partial charge in [-0.15, -0.1) is 0 Å². The SMILES string of the molecule is COc1ccc(Br)cc1C1CC(N)c2cc(Br)ccc2O1. The van der Waals surface area contributed by atoms with Crippen LogP contribution in [0.4, 0.5) is 0 Å². The number of nitrogens with two attached hydrogens (primary N) is 1. The number of hydrogen-bond acceptors (Lipinski definition) is 3. The minimum absolute atomic E-state index is 0.0556. The highest BCUT2D eigenvalue weighted by molar-refractivity contribution is 9.10. The fourth-order valence-corrected chi connectivity index (χ4v) is 3.38. The van der Waals surface area contributed by atoms with E-state index in [2.05, 4.69) is 31.9 Å². The zero-order valence-electron chi connectivity index (χ0n) is 11.5. The zero-order valence-corrected chi connectivity index (χ0v) is 14.6. The maximum absolute atomic E-state index is 6.32. The van der Waals surface area contributed by atoms with Crippen LogP contribution in [0.5, 0.6) is 11.5 Å². The molecule has 5 heteroatoms. The summed E-state index contributed by atoms with van der Waals surface area (Å²) in [6.45, 7) is 0. The van der Waals surface area contributed by atoms with E-state index in [9.17, 15) is 0 Å². The first-order chi connectivity index (χ1) is 10.1. The molecule has 1 heterocycles. The van der Waals surface area contributed by atoms with E-state index in [4.69, 9.17) is 15.2 Å². The number of methoxy groups -OCH3 is 1. The molecule has 0 spiro atoms. The van der Waals surface area contributed by atoms with Crippen molar-refractivity contribution in [2.45, 2.75) is 18.6 Å². The first kappa shape index (κ1) is 14.9. The smallest absolute Gasteiger partial charge is 0.129 e. The molecule has 0 amide bonds. The monoisotopic (exact) mass is 411 g/mol. The minimum Gasteiger partial charge on any atom is -0.496 e. The summed E-state index contributed by atoms with van der Waals surface area (Å²) < 4.78 is 13.6. The molecule has 2 N–H and O–H groups in total. The van der Waals surface area contributed by atoms with Gasteiger partial charge in [0.2, 0.25) is 0 Å². The molecule has 2 aromatic carbocycles. The lowest BCUT2D eigenvalue weighted by Crippen LogP contribution is -2.24. The van der Waals surface area contributed by atoms with Crippen LogP contribution < -0.4 is 15.2 Å². The maximum Gasteiger partial charge on any atom is 0.129 e. The van der Waals surface area contributed by atoms with Crippen molar-refractivity contribution in [3.63, 3.8) is 0 Å². The molecule has 1 aliphatic rings. The van der Waals surface area contributed by atoms with E-state index in [1.165, 1.54) is 0 Å². The summed E-state index contributed by atoms with van der Waals surface area (Å²) in [4.78, 5) is 0. The van der Waals surface area contributed by atoms with E-state index in [-0.39, 0.29) is 12.1 Å². The van der Waals surface area contributed by atoms with Crippen molar-refractivity contribution >= 4 is 31.9 Å². The maximum atomic E-state index is 6.32. The second kappa shape index (κ2) is 5.99. The van der Waals surface area contributed by atoms with Gasteiger partial charge in [-0.2, -0.15) is 0 Å². The van der Waals surface area contributed by atoms with Crippen LogP contribution in [-0.2, 0) is 0 Å². The second-order valence-electron chi connectivity index (χ2n) is 5.02. The van der Waals surface area contributed by atoms with Crippen molar-refractivity contribution in [3.8, 4) is 11.5 Å². The normalized spacial score (nSPS) is 20.6. The molecule has 2 unspecified atom stereocenters. The number of halogens is 2. The standard InChI is InChI=1S/C16H15Br2NO2/c1-20-14-4-2-10(18)7-12(14)16-8-13(19)11-6-9(17)3-5-15(11)21-16/h2-7,13,16H,8,19H2,1H3. The number of fused-ring (bicyclic) bond motifs is 1. The Bertz CT molecular complexity index is 675. The molecule has 0 radical (unpaired) electrons. The van der Waals surface area contributed by atoms with E-state index in [0.717, 1.165) is 38.0 Å². The third-order valence-corrected chi connectivity index (χ3v) is 4.63. The first-order valence-corrected chi connectivity index (χ1v) is 8.22. The molecule has 0 saturated heterocycles. The van der Waals surface area contributed by atoms with Gasteiger partial charge in [-0.25, -0.2) is 0 Å². The summed E-state index contributed by atoms with van der Waals surface area (Å²) in [7, 11) is 1.67. The van der Waals surface area contributed by atoms with Crippen molar-refractivity contribution in [1.82, 2.24) is 0 Å². The van der Waals surface area contributed by atoms with Crippen LogP contribution in [-0.4, -0.2) is 7.11 Å². The Morgan fingerprint density at radius 2 is 1.76 bits per heavy atom. The molecule has 0 saturated carbocycles. The van der Waals surface area contributed by atoms with Crippen LogP contribution in [0.3, 0.4) is 0 Å².